The maximum atomic E-state index is 12.0. The highest BCUT2D eigenvalue weighted by Gasteiger charge is 2.19. The van der Waals surface area contributed by atoms with Crippen LogP contribution in [0.5, 0.6) is 0 Å². The summed E-state index contributed by atoms with van der Waals surface area (Å²) in [5, 5.41) is 2.80. The molecular formula is C13H20N4O2. The van der Waals surface area contributed by atoms with Crippen molar-refractivity contribution in [3.8, 4) is 0 Å². The Bertz CT molecular complexity index is 463. The third-order valence-electron chi connectivity index (χ3n) is 2.24. The van der Waals surface area contributed by atoms with Crippen molar-refractivity contribution in [1.82, 2.24) is 20.2 Å². The van der Waals surface area contributed by atoms with E-state index >= 15 is 0 Å². The third-order valence-corrected chi connectivity index (χ3v) is 2.24. The van der Waals surface area contributed by atoms with Crippen LogP contribution in [0.1, 0.15) is 37.0 Å². The average molecular weight is 264 g/mol. The van der Waals surface area contributed by atoms with Gasteiger partial charge in [0.2, 0.25) is 5.91 Å². The van der Waals surface area contributed by atoms with Crippen LogP contribution in [0.4, 0.5) is 0 Å². The second kappa shape index (κ2) is 5.77. The molecule has 0 radical (unpaired) electrons. The van der Waals surface area contributed by atoms with Gasteiger partial charge in [-0.15, -0.1) is 0 Å². The van der Waals surface area contributed by atoms with Crippen LogP contribution in [0.15, 0.2) is 12.4 Å². The molecule has 0 atom stereocenters. The Kier molecular flexibility index (Phi) is 4.58. The van der Waals surface area contributed by atoms with E-state index < -0.39 is 0 Å². The molecule has 1 N–H and O–H groups in total. The summed E-state index contributed by atoms with van der Waals surface area (Å²) in [6, 6.07) is 0. The summed E-state index contributed by atoms with van der Waals surface area (Å²) in [6.45, 7) is 7.45. The van der Waals surface area contributed by atoms with Gasteiger partial charge in [-0.2, -0.15) is 0 Å². The molecule has 1 aromatic heterocycles. The molecule has 0 aliphatic carbocycles. The SMILES string of the molecule is Cc1cnc(C(=O)N(C)CC(=O)NC(C)(C)C)cn1. The maximum absolute atomic E-state index is 12.0. The highest BCUT2D eigenvalue weighted by Crippen LogP contribution is 2.01. The van der Waals surface area contributed by atoms with Crippen LogP contribution in [0, 0.1) is 6.92 Å². The molecule has 0 aliphatic heterocycles. The molecule has 0 saturated carbocycles. The normalized spacial score (nSPS) is 11.0. The zero-order valence-corrected chi connectivity index (χ0v) is 12.0. The Hall–Kier alpha value is -1.98. The van der Waals surface area contributed by atoms with E-state index in [1.54, 1.807) is 14.0 Å². The molecule has 0 saturated heterocycles. The quantitative estimate of drug-likeness (QED) is 0.875. The average Bonchev–Trinajstić information content (AvgIpc) is 2.26. The number of nitrogens with zero attached hydrogens (tertiary/aromatic N) is 3. The summed E-state index contributed by atoms with van der Waals surface area (Å²) in [7, 11) is 1.56. The van der Waals surface area contributed by atoms with Gasteiger partial charge in [0.15, 0.2) is 0 Å². The van der Waals surface area contributed by atoms with E-state index in [1.165, 1.54) is 17.3 Å². The van der Waals surface area contributed by atoms with Crippen LogP contribution in [-0.2, 0) is 4.79 Å². The zero-order valence-electron chi connectivity index (χ0n) is 12.0. The first-order valence-corrected chi connectivity index (χ1v) is 6.04. The fourth-order valence-corrected chi connectivity index (χ4v) is 1.44. The molecule has 6 heteroatoms. The van der Waals surface area contributed by atoms with Crippen molar-refractivity contribution in [2.45, 2.75) is 33.2 Å². The Morgan fingerprint density at radius 3 is 2.37 bits per heavy atom. The second-order valence-electron chi connectivity index (χ2n) is 5.50. The first-order valence-electron chi connectivity index (χ1n) is 6.04. The number of carbonyl (C=O) groups is 2. The standard InChI is InChI=1S/C13H20N4O2/c1-9-6-15-10(7-14-9)12(19)17(5)8-11(18)16-13(2,3)4/h6-7H,8H2,1-5H3,(H,16,18). The lowest BCUT2D eigenvalue weighted by atomic mass is 10.1. The Morgan fingerprint density at radius 1 is 1.26 bits per heavy atom. The molecule has 1 aromatic rings. The highest BCUT2D eigenvalue weighted by atomic mass is 16.2. The van der Waals surface area contributed by atoms with E-state index in [-0.39, 0.29) is 29.6 Å². The van der Waals surface area contributed by atoms with Crippen LogP contribution < -0.4 is 5.32 Å². The summed E-state index contributed by atoms with van der Waals surface area (Å²) < 4.78 is 0. The first kappa shape index (κ1) is 15.1. The second-order valence-corrected chi connectivity index (χ2v) is 5.50. The van der Waals surface area contributed by atoms with Crippen LogP contribution >= 0.6 is 0 Å². The smallest absolute Gasteiger partial charge is 0.274 e. The molecule has 0 unspecified atom stereocenters. The predicted molar refractivity (Wildman–Crippen MR) is 71.6 cm³/mol. The van der Waals surface area contributed by atoms with E-state index in [4.69, 9.17) is 0 Å². The lowest BCUT2D eigenvalue weighted by molar-refractivity contribution is -0.122. The van der Waals surface area contributed by atoms with E-state index in [1.807, 2.05) is 20.8 Å². The summed E-state index contributed by atoms with van der Waals surface area (Å²) in [5.41, 5.74) is 0.659. The number of rotatable bonds is 3. The van der Waals surface area contributed by atoms with Crippen molar-refractivity contribution < 1.29 is 9.59 Å². The molecule has 104 valence electrons. The minimum Gasteiger partial charge on any atom is -0.350 e. The summed E-state index contributed by atoms with van der Waals surface area (Å²) >= 11 is 0. The molecule has 0 aliphatic rings. The van der Waals surface area contributed by atoms with E-state index in [9.17, 15) is 9.59 Å². The van der Waals surface area contributed by atoms with Crippen molar-refractivity contribution in [3.05, 3.63) is 23.8 Å². The number of likely N-dealkylation sites (N-methyl/N-ethyl adjacent to an activating group) is 1. The molecule has 1 heterocycles. The number of nitrogens with one attached hydrogen (secondary N) is 1. The Morgan fingerprint density at radius 2 is 1.89 bits per heavy atom. The fraction of sp³-hybridized carbons (Fsp3) is 0.538. The third kappa shape index (κ3) is 5.03. The Labute approximate surface area is 113 Å². The number of aromatic nitrogens is 2. The monoisotopic (exact) mass is 264 g/mol. The summed E-state index contributed by atoms with van der Waals surface area (Å²) in [6.07, 6.45) is 2.94. The number of amides is 2. The molecule has 0 spiro atoms. The number of hydrogen-bond acceptors (Lipinski definition) is 4. The van der Waals surface area contributed by atoms with Gasteiger partial charge in [0, 0.05) is 18.8 Å². The minimum absolute atomic E-state index is 0.00827. The van der Waals surface area contributed by atoms with Gasteiger partial charge in [-0.1, -0.05) is 0 Å². The van der Waals surface area contributed by atoms with Gasteiger partial charge in [-0.3, -0.25) is 14.6 Å². The fourth-order valence-electron chi connectivity index (χ4n) is 1.44. The van der Waals surface area contributed by atoms with Crippen LogP contribution in [0.2, 0.25) is 0 Å². The highest BCUT2D eigenvalue weighted by molar-refractivity contribution is 5.94. The molecule has 6 nitrogen and oxygen atoms in total. The van der Waals surface area contributed by atoms with Crippen LogP contribution in [0.3, 0.4) is 0 Å². The molecule has 2 amide bonds. The van der Waals surface area contributed by atoms with Gasteiger partial charge in [0.1, 0.15) is 5.69 Å². The number of aryl methyl sites for hydroxylation is 1. The molecular weight excluding hydrogens is 244 g/mol. The van der Waals surface area contributed by atoms with Crippen molar-refractivity contribution in [1.29, 1.82) is 0 Å². The predicted octanol–water partition coefficient (Wildman–Crippen LogP) is 0.772. The first-order chi connectivity index (χ1) is 8.69. The number of carbonyl (C=O) groups excluding carboxylic acids is 2. The van der Waals surface area contributed by atoms with Gasteiger partial charge in [0.25, 0.3) is 5.91 Å². The van der Waals surface area contributed by atoms with Gasteiger partial charge >= 0.3 is 0 Å². The lowest BCUT2D eigenvalue weighted by Crippen LogP contribution is -2.46. The zero-order chi connectivity index (χ0) is 14.6. The van der Waals surface area contributed by atoms with Gasteiger partial charge in [-0.25, -0.2) is 4.98 Å². The van der Waals surface area contributed by atoms with Crippen molar-refractivity contribution in [2.75, 3.05) is 13.6 Å². The van der Waals surface area contributed by atoms with E-state index in [2.05, 4.69) is 15.3 Å². The minimum atomic E-state index is -0.323. The summed E-state index contributed by atoms with van der Waals surface area (Å²) in [4.78, 5) is 33.0. The molecule has 0 fully saturated rings. The van der Waals surface area contributed by atoms with Crippen LogP contribution in [-0.4, -0.2) is 45.8 Å². The van der Waals surface area contributed by atoms with Gasteiger partial charge in [0.05, 0.1) is 18.4 Å². The van der Waals surface area contributed by atoms with Crippen molar-refractivity contribution in [3.63, 3.8) is 0 Å². The van der Waals surface area contributed by atoms with Gasteiger partial charge < -0.3 is 10.2 Å². The van der Waals surface area contributed by atoms with E-state index in [0.717, 1.165) is 5.69 Å². The lowest BCUT2D eigenvalue weighted by Gasteiger charge is -2.23. The topological polar surface area (TPSA) is 75.2 Å². The largest absolute Gasteiger partial charge is 0.350 e. The van der Waals surface area contributed by atoms with Crippen LogP contribution in [0.25, 0.3) is 0 Å². The summed E-state index contributed by atoms with van der Waals surface area (Å²) in [5.74, 6) is -0.528. The van der Waals surface area contributed by atoms with E-state index in [0.29, 0.717) is 0 Å². The molecule has 19 heavy (non-hydrogen) atoms. The Balaban J connectivity index is 2.63. The van der Waals surface area contributed by atoms with Gasteiger partial charge in [-0.05, 0) is 27.7 Å². The van der Waals surface area contributed by atoms with Crippen molar-refractivity contribution in [2.24, 2.45) is 0 Å². The maximum Gasteiger partial charge on any atom is 0.274 e. The molecule has 0 aromatic carbocycles. The molecule has 1 rings (SSSR count). The molecule has 0 bridgehead atoms. The number of hydrogen-bond donors (Lipinski definition) is 1. The van der Waals surface area contributed by atoms with Crippen molar-refractivity contribution >= 4 is 11.8 Å².